The van der Waals surface area contributed by atoms with E-state index < -0.39 is 0 Å². The molecular weight excluding hydrogens is 276 g/mol. The van der Waals surface area contributed by atoms with Crippen molar-refractivity contribution >= 4 is 16.7 Å². The Morgan fingerprint density at radius 3 is 3.05 bits per heavy atom. The molecule has 110 valence electrons. The summed E-state index contributed by atoms with van der Waals surface area (Å²) in [6, 6.07) is 10.5. The van der Waals surface area contributed by atoms with Gasteiger partial charge in [-0.1, -0.05) is 12.1 Å². The van der Waals surface area contributed by atoms with Gasteiger partial charge in [-0.3, -0.25) is 9.78 Å². The van der Waals surface area contributed by atoms with Crippen molar-refractivity contribution in [2.75, 3.05) is 0 Å². The van der Waals surface area contributed by atoms with Crippen molar-refractivity contribution in [3.63, 3.8) is 0 Å². The summed E-state index contributed by atoms with van der Waals surface area (Å²) in [5.41, 5.74) is 0.938. The molecule has 3 heterocycles. The van der Waals surface area contributed by atoms with Crippen molar-refractivity contribution in [3.8, 4) is 6.07 Å². The molecule has 2 N–H and O–H groups in total. The van der Waals surface area contributed by atoms with Gasteiger partial charge in [-0.25, -0.2) is 0 Å². The molecule has 5 nitrogen and oxygen atoms in total. The zero-order chi connectivity index (χ0) is 15.1. The highest BCUT2D eigenvalue weighted by atomic mass is 16.2. The lowest BCUT2D eigenvalue weighted by Crippen LogP contribution is -2.43. The average Bonchev–Trinajstić information content (AvgIpc) is 3.16. The molecule has 0 radical (unpaired) electrons. The molecule has 0 aliphatic carbocycles. The molecule has 22 heavy (non-hydrogen) atoms. The zero-order valence-corrected chi connectivity index (χ0v) is 12.0. The first-order valence-corrected chi connectivity index (χ1v) is 7.60. The van der Waals surface area contributed by atoms with E-state index in [0.717, 1.165) is 23.6 Å². The number of hydrogen-bond acceptors (Lipinski definition) is 4. The van der Waals surface area contributed by atoms with Crippen molar-refractivity contribution in [2.24, 2.45) is 0 Å². The van der Waals surface area contributed by atoms with Gasteiger partial charge in [0.25, 0.3) is 5.91 Å². The lowest BCUT2D eigenvalue weighted by Gasteiger charge is -2.21. The van der Waals surface area contributed by atoms with Crippen molar-refractivity contribution in [1.82, 2.24) is 15.6 Å². The number of nitrogens with one attached hydrogen (secondary N) is 2. The Morgan fingerprint density at radius 2 is 2.32 bits per heavy atom. The summed E-state index contributed by atoms with van der Waals surface area (Å²) in [6.07, 6.45) is 4.98. The van der Waals surface area contributed by atoms with Crippen LogP contribution in [-0.4, -0.2) is 29.0 Å². The van der Waals surface area contributed by atoms with Crippen molar-refractivity contribution in [3.05, 3.63) is 41.7 Å². The maximum absolute atomic E-state index is 12.4. The van der Waals surface area contributed by atoms with Gasteiger partial charge >= 0.3 is 0 Å². The van der Waals surface area contributed by atoms with E-state index in [-0.39, 0.29) is 11.9 Å². The maximum atomic E-state index is 12.4. The van der Waals surface area contributed by atoms with Gasteiger partial charge in [0.15, 0.2) is 0 Å². The van der Waals surface area contributed by atoms with Crippen LogP contribution in [0.3, 0.4) is 0 Å². The highest BCUT2D eigenvalue weighted by Crippen LogP contribution is 2.28. The van der Waals surface area contributed by atoms with Gasteiger partial charge in [0.2, 0.25) is 0 Å². The number of carbonyl (C=O) groups is 1. The van der Waals surface area contributed by atoms with E-state index in [0.29, 0.717) is 23.3 Å². The highest BCUT2D eigenvalue weighted by Gasteiger charge is 2.39. The van der Waals surface area contributed by atoms with E-state index in [1.807, 2.05) is 12.1 Å². The number of pyridine rings is 1. The number of nitriles is 1. The molecule has 1 aromatic heterocycles. The SMILES string of the molecule is N#Cc1cccc2cnc(C(=O)N[C@@H]3C[C@H]4CC[C@@H]3N4)cc12. The number of fused-ring (bicyclic) bond motifs is 3. The first kappa shape index (κ1) is 13.2. The van der Waals surface area contributed by atoms with Crippen LogP contribution >= 0.6 is 0 Å². The third kappa shape index (κ3) is 2.13. The fraction of sp³-hybridized carbons (Fsp3) is 0.353. The Hall–Kier alpha value is -2.45. The van der Waals surface area contributed by atoms with Gasteiger partial charge in [0.1, 0.15) is 5.69 Å². The van der Waals surface area contributed by atoms with Gasteiger partial charge in [-0.2, -0.15) is 5.26 Å². The Labute approximate surface area is 128 Å². The van der Waals surface area contributed by atoms with Crippen molar-refractivity contribution < 1.29 is 4.79 Å². The highest BCUT2D eigenvalue weighted by molar-refractivity contribution is 5.98. The summed E-state index contributed by atoms with van der Waals surface area (Å²) in [4.78, 5) is 16.7. The molecule has 1 amide bonds. The second-order valence-electron chi connectivity index (χ2n) is 6.07. The molecule has 0 unspecified atom stereocenters. The van der Waals surface area contributed by atoms with E-state index in [1.165, 1.54) is 6.42 Å². The van der Waals surface area contributed by atoms with E-state index in [2.05, 4.69) is 21.7 Å². The number of hydrogen-bond donors (Lipinski definition) is 2. The molecule has 2 aliphatic rings. The fourth-order valence-corrected chi connectivity index (χ4v) is 3.62. The number of amides is 1. The van der Waals surface area contributed by atoms with Gasteiger partial charge in [0.05, 0.1) is 11.6 Å². The van der Waals surface area contributed by atoms with E-state index in [9.17, 15) is 10.1 Å². The van der Waals surface area contributed by atoms with Crippen molar-refractivity contribution in [1.29, 1.82) is 5.26 Å². The summed E-state index contributed by atoms with van der Waals surface area (Å²) < 4.78 is 0. The average molecular weight is 292 g/mol. The van der Waals surface area contributed by atoms with Crippen LogP contribution in [0.15, 0.2) is 30.5 Å². The summed E-state index contributed by atoms with van der Waals surface area (Å²) in [5.74, 6) is -0.158. The minimum absolute atomic E-state index is 0.158. The minimum atomic E-state index is -0.158. The first-order chi connectivity index (χ1) is 10.7. The van der Waals surface area contributed by atoms with Gasteiger partial charge < -0.3 is 10.6 Å². The molecule has 0 saturated carbocycles. The van der Waals surface area contributed by atoms with Gasteiger partial charge in [-0.05, 0) is 31.4 Å². The summed E-state index contributed by atoms with van der Waals surface area (Å²) in [7, 11) is 0. The summed E-state index contributed by atoms with van der Waals surface area (Å²) >= 11 is 0. The fourth-order valence-electron chi connectivity index (χ4n) is 3.62. The molecule has 2 fully saturated rings. The molecule has 2 aliphatic heterocycles. The maximum Gasteiger partial charge on any atom is 0.270 e. The van der Waals surface area contributed by atoms with Crippen molar-refractivity contribution in [2.45, 2.75) is 37.4 Å². The van der Waals surface area contributed by atoms with Crippen LogP contribution in [0.25, 0.3) is 10.8 Å². The lowest BCUT2D eigenvalue weighted by molar-refractivity contribution is 0.0926. The van der Waals surface area contributed by atoms with E-state index in [4.69, 9.17) is 0 Å². The second-order valence-corrected chi connectivity index (χ2v) is 6.07. The molecule has 3 atom stereocenters. The van der Waals surface area contributed by atoms with Gasteiger partial charge in [0, 0.05) is 35.1 Å². The van der Waals surface area contributed by atoms with Crippen LogP contribution in [0.4, 0.5) is 0 Å². The number of carbonyl (C=O) groups excluding carboxylic acids is 1. The summed E-state index contributed by atoms with van der Waals surface area (Å²) in [6.45, 7) is 0. The van der Waals surface area contributed by atoms with Crippen LogP contribution < -0.4 is 10.6 Å². The van der Waals surface area contributed by atoms with Crippen LogP contribution in [0.1, 0.15) is 35.3 Å². The standard InChI is InChI=1S/C17H16N4O/c18-8-10-2-1-3-11-9-19-16(7-13(10)11)17(22)21-15-6-12-4-5-14(15)20-12/h1-3,7,9,12,14-15,20H,4-6H2,(H,21,22)/t12-,14+,15-/m1/s1. The molecule has 5 heteroatoms. The zero-order valence-electron chi connectivity index (χ0n) is 12.0. The monoisotopic (exact) mass is 292 g/mol. The van der Waals surface area contributed by atoms with Crippen LogP contribution in [-0.2, 0) is 0 Å². The molecule has 1 aromatic carbocycles. The van der Waals surface area contributed by atoms with Crippen LogP contribution in [0, 0.1) is 11.3 Å². The molecular formula is C17H16N4O. The molecule has 0 spiro atoms. The quantitative estimate of drug-likeness (QED) is 0.883. The van der Waals surface area contributed by atoms with Crippen LogP contribution in [0.2, 0.25) is 0 Å². The first-order valence-electron chi connectivity index (χ1n) is 7.60. The third-order valence-corrected chi connectivity index (χ3v) is 4.73. The third-order valence-electron chi connectivity index (χ3n) is 4.73. The topological polar surface area (TPSA) is 77.8 Å². The Kier molecular flexibility index (Phi) is 3.05. The number of benzene rings is 1. The number of rotatable bonds is 2. The van der Waals surface area contributed by atoms with E-state index >= 15 is 0 Å². The van der Waals surface area contributed by atoms with Crippen LogP contribution in [0.5, 0.6) is 0 Å². The largest absolute Gasteiger partial charge is 0.346 e. The Bertz CT molecular complexity index is 795. The Morgan fingerprint density at radius 1 is 1.41 bits per heavy atom. The minimum Gasteiger partial charge on any atom is -0.346 e. The molecule has 2 bridgehead atoms. The number of nitrogens with zero attached hydrogens (tertiary/aromatic N) is 2. The van der Waals surface area contributed by atoms with E-state index in [1.54, 1.807) is 18.3 Å². The Balaban J connectivity index is 1.61. The molecule has 2 aromatic rings. The number of aromatic nitrogens is 1. The smallest absolute Gasteiger partial charge is 0.270 e. The predicted molar refractivity (Wildman–Crippen MR) is 82.3 cm³/mol. The second kappa shape index (κ2) is 5.08. The molecule has 4 rings (SSSR count). The normalized spacial score (nSPS) is 26.0. The summed E-state index contributed by atoms with van der Waals surface area (Å²) in [5, 5.41) is 17.4. The molecule has 2 saturated heterocycles. The lowest BCUT2D eigenvalue weighted by atomic mass is 9.95. The van der Waals surface area contributed by atoms with Gasteiger partial charge in [-0.15, -0.1) is 0 Å². The predicted octanol–water partition coefficient (Wildman–Crippen LogP) is 1.73.